The van der Waals surface area contributed by atoms with Gasteiger partial charge in [0.05, 0.1) is 18.6 Å². The Bertz CT molecular complexity index is 499. The minimum Gasteiger partial charge on any atom is -0.375 e. The Kier molecular flexibility index (Phi) is 4.76. The number of hydrogen-bond donors (Lipinski definition) is 2. The molecule has 1 aliphatic heterocycles. The van der Waals surface area contributed by atoms with E-state index in [9.17, 15) is 4.79 Å². The molecule has 2 atom stereocenters. The highest BCUT2D eigenvalue weighted by Gasteiger charge is 2.25. The lowest BCUT2D eigenvalue weighted by Crippen LogP contribution is -2.44. The molecule has 0 bridgehead atoms. The molecule has 1 aromatic heterocycles. The zero-order valence-electron chi connectivity index (χ0n) is 11.5. The summed E-state index contributed by atoms with van der Waals surface area (Å²) in [6.07, 6.45) is 2.61. The maximum absolute atomic E-state index is 12.1. The van der Waals surface area contributed by atoms with Crippen molar-refractivity contribution in [2.45, 2.75) is 58.3 Å². The Balaban J connectivity index is 1.91. The lowest BCUT2D eigenvalue weighted by atomic mass is 10.00. The van der Waals surface area contributed by atoms with Crippen molar-refractivity contribution in [3.63, 3.8) is 0 Å². The summed E-state index contributed by atoms with van der Waals surface area (Å²) in [4.78, 5) is 16.2. The van der Waals surface area contributed by atoms with Crippen LogP contribution in [0.5, 0.6) is 0 Å². The summed E-state index contributed by atoms with van der Waals surface area (Å²) < 4.78 is 6.40. The molecule has 0 spiro atoms. The first-order valence-electron chi connectivity index (χ1n) is 6.57. The molecule has 2 N–H and O–H groups in total. The van der Waals surface area contributed by atoms with E-state index in [0.717, 1.165) is 27.4 Å². The number of aromatic amines is 1. The second-order valence-corrected chi connectivity index (χ2v) is 7.00. The van der Waals surface area contributed by atoms with Crippen LogP contribution in [0.15, 0.2) is 0 Å². The first-order valence-corrected chi connectivity index (χ1v) is 7.80. The van der Waals surface area contributed by atoms with Crippen molar-refractivity contribution in [1.82, 2.24) is 10.3 Å². The number of carbonyl (C=O) groups is 1. The van der Waals surface area contributed by atoms with E-state index >= 15 is 0 Å². The van der Waals surface area contributed by atoms with E-state index in [1.165, 1.54) is 11.3 Å². The topological polar surface area (TPSA) is 54.1 Å². The molecule has 1 aliphatic rings. The van der Waals surface area contributed by atoms with E-state index in [4.69, 9.17) is 17.0 Å². The molecule has 0 aliphatic carbocycles. The molecule has 2 rings (SSSR count). The highest BCUT2D eigenvalue weighted by atomic mass is 32.1. The van der Waals surface area contributed by atoms with Crippen LogP contribution in [-0.4, -0.2) is 29.1 Å². The van der Waals surface area contributed by atoms with Crippen LogP contribution in [0.2, 0.25) is 0 Å². The van der Waals surface area contributed by atoms with E-state index in [1.54, 1.807) is 0 Å². The van der Waals surface area contributed by atoms with Gasteiger partial charge in [0.25, 0.3) is 0 Å². The summed E-state index contributed by atoms with van der Waals surface area (Å²) in [5, 5.41) is 3.10. The number of aryl methyl sites for hydroxylation is 1. The molecule has 19 heavy (non-hydrogen) atoms. The Morgan fingerprint density at radius 3 is 2.63 bits per heavy atom. The van der Waals surface area contributed by atoms with E-state index in [1.807, 2.05) is 6.92 Å². The van der Waals surface area contributed by atoms with Crippen molar-refractivity contribution < 1.29 is 9.53 Å². The summed E-state index contributed by atoms with van der Waals surface area (Å²) in [5.41, 5.74) is 0.999. The van der Waals surface area contributed by atoms with Crippen molar-refractivity contribution in [2.75, 3.05) is 0 Å². The van der Waals surface area contributed by atoms with Crippen LogP contribution in [-0.2, 0) is 16.0 Å². The fourth-order valence-electron chi connectivity index (χ4n) is 2.55. The number of carbonyl (C=O) groups excluding carboxylic acids is 1. The Labute approximate surface area is 122 Å². The van der Waals surface area contributed by atoms with Gasteiger partial charge in [-0.3, -0.25) is 4.79 Å². The first kappa shape index (κ1) is 14.7. The standard InChI is InChI=1S/C13H20N2O2S2/c1-7-4-10(5-8(2)17-7)15-12(16)6-11-9(3)14-13(18)19-11/h7-8,10H,4-6H2,1-3H3,(H,14,18)(H,15,16). The molecule has 2 unspecified atom stereocenters. The molecule has 1 aromatic rings. The van der Waals surface area contributed by atoms with Crippen LogP contribution >= 0.6 is 23.6 Å². The predicted octanol–water partition coefficient (Wildman–Crippen LogP) is 2.73. The fourth-order valence-corrected chi connectivity index (χ4v) is 3.84. The number of nitrogens with one attached hydrogen (secondary N) is 2. The SMILES string of the molecule is Cc1[nH]c(=S)sc1CC(=O)NC1CC(C)OC(C)C1. The highest BCUT2D eigenvalue weighted by molar-refractivity contribution is 7.73. The van der Waals surface area contributed by atoms with Gasteiger partial charge in [0.2, 0.25) is 5.91 Å². The smallest absolute Gasteiger partial charge is 0.225 e. The highest BCUT2D eigenvalue weighted by Crippen LogP contribution is 2.20. The lowest BCUT2D eigenvalue weighted by Gasteiger charge is -2.32. The van der Waals surface area contributed by atoms with Gasteiger partial charge in [-0.1, -0.05) is 0 Å². The summed E-state index contributed by atoms with van der Waals surface area (Å²) in [7, 11) is 0. The van der Waals surface area contributed by atoms with Crippen molar-refractivity contribution in [3.05, 3.63) is 14.5 Å². The number of hydrogen-bond acceptors (Lipinski definition) is 4. The van der Waals surface area contributed by atoms with Gasteiger partial charge in [-0.25, -0.2) is 0 Å². The summed E-state index contributed by atoms with van der Waals surface area (Å²) in [5.74, 6) is 0.0691. The summed E-state index contributed by atoms with van der Waals surface area (Å²) in [6, 6.07) is 0.221. The van der Waals surface area contributed by atoms with Crippen LogP contribution in [0.25, 0.3) is 0 Å². The van der Waals surface area contributed by atoms with Gasteiger partial charge in [-0.2, -0.15) is 0 Å². The van der Waals surface area contributed by atoms with Crippen LogP contribution in [0.3, 0.4) is 0 Å². The van der Waals surface area contributed by atoms with Gasteiger partial charge in [0.15, 0.2) is 3.95 Å². The molecule has 1 fully saturated rings. The quantitative estimate of drug-likeness (QED) is 0.844. The van der Waals surface area contributed by atoms with Gasteiger partial charge in [-0.15, -0.1) is 11.3 Å². The van der Waals surface area contributed by atoms with Gasteiger partial charge < -0.3 is 15.0 Å². The third-order valence-electron chi connectivity index (χ3n) is 3.31. The van der Waals surface area contributed by atoms with E-state index in [0.29, 0.717) is 6.42 Å². The second kappa shape index (κ2) is 6.15. The third-order valence-corrected chi connectivity index (χ3v) is 4.64. The predicted molar refractivity (Wildman–Crippen MR) is 79.1 cm³/mol. The average Bonchev–Trinajstić information content (AvgIpc) is 2.55. The zero-order chi connectivity index (χ0) is 14.0. The summed E-state index contributed by atoms with van der Waals surface area (Å²) >= 11 is 6.56. The molecule has 0 aromatic carbocycles. The van der Waals surface area contributed by atoms with Gasteiger partial charge in [0.1, 0.15) is 0 Å². The first-order chi connectivity index (χ1) is 8.94. The molecule has 0 saturated carbocycles. The second-order valence-electron chi connectivity index (χ2n) is 5.23. The molecule has 1 saturated heterocycles. The number of ether oxygens (including phenoxy) is 1. The van der Waals surface area contributed by atoms with E-state index in [2.05, 4.69) is 24.1 Å². The lowest BCUT2D eigenvalue weighted by molar-refractivity contribution is -0.122. The third kappa shape index (κ3) is 4.12. The molecular formula is C13H20N2O2S2. The zero-order valence-corrected chi connectivity index (χ0v) is 13.1. The molecule has 0 radical (unpaired) electrons. The number of rotatable bonds is 3. The number of amides is 1. The van der Waals surface area contributed by atoms with Gasteiger partial charge >= 0.3 is 0 Å². The Morgan fingerprint density at radius 2 is 2.11 bits per heavy atom. The minimum absolute atomic E-state index is 0.0691. The average molecular weight is 300 g/mol. The number of H-pyrrole nitrogens is 1. The van der Waals surface area contributed by atoms with Crippen LogP contribution in [0.1, 0.15) is 37.3 Å². The molecule has 4 nitrogen and oxygen atoms in total. The van der Waals surface area contributed by atoms with Crippen LogP contribution < -0.4 is 5.32 Å². The fraction of sp³-hybridized carbons (Fsp3) is 0.692. The monoisotopic (exact) mass is 300 g/mol. The molecular weight excluding hydrogens is 280 g/mol. The van der Waals surface area contributed by atoms with Crippen molar-refractivity contribution >= 4 is 29.5 Å². The Morgan fingerprint density at radius 1 is 1.47 bits per heavy atom. The number of aromatic nitrogens is 1. The van der Waals surface area contributed by atoms with Crippen molar-refractivity contribution in [3.8, 4) is 0 Å². The van der Waals surface area contributed by atoms with E-state index in [-0.39, 0.29) is 24.2 Å². The molecule has 2 heterocycles. The van der Waals surface area contributed by atoms with Crippen molar-refractivity contribution in [2.24, 2.45) is 0 Å². The Hall–Kier alpha value is -0.720. The van der Waals surface area contributed by atoms with E-state index < -0.39 is 0 Å². The molecule has 6 heteroatoms. The molecule has 1 amide bonds. The molecule has 106 valence electrons. The van der Waals surface area contributed by atoms with Gasteiger partial charge in [0, 0.05) is 16.6 Å². The largest absolute Gasteiger partial charge is 0.375 e. The minimum atomic E-state index is 0.0691. The van der Waals surface area contributed by atoms with Gasteiger partial charge in [-0.05, 0) is 45.8 Å². The normalized spacial score (nSPS) is 27.2. The number of thiazole rings is 1. The summed E-state index contributed by atoms with van der Waals surface area (Å²) in [6.45, 7) is 6.06. The van der Waals surface area contributed by atoms with Crippen LogP contribution in [0.4, 0.5) is 0 Å². The maximum Gasteiger partial charge on any atom is 0.225 e. The van der Waals surface area contributed by atoms with Crippen LogP contribution in [0, 0.1) is 10.9 Å². The van der Waals surface area contributed by atoms with Crippen molar-refractivity contribution in [1.29, 1.82) is 0 Å². The maximum atomic E-state index is 12.1.